The van der Waals surface area contributed by atoms with Crippen molar-refractivity contribution in [3.05, 3.63) is 108 Å². The number of imidazole rings is 1. The predicted molar refractivity (Wildman–Crippen MR) is 151 cm³/mol. The van der Waals surface area contributed by atoms with Gasteiger partial charge in [0, 0.05) is 29.5 Å². The first-order chi connectivity index (χ1) is 18.1. The zero-order chi connectivity index (χ0) is 28.6. The third kappa shape index (κ3) is 5.88. The monoisotopic (exact) mass is 535 g/mol. The highest BCUT2D eigenvalue weighted by atomic mass is 19.4. The Morgan fingerprint density at radius 1 is 0.718 bits per heavy atom. The van der Waals surface area contributed by atoms with Crippen LogP contribution in [0.2, 0.25) is 0 Å². The van der Waals surface area contributed by atoms with Gasteiger partial charge in [-0.2, -0.15) is 13.2 Å². The van der Waals surface area contributed by atoms with Crippen LogP contribution < -0.4 is 4.90 Å². The number of alkyl halides is 3. The molecule has 0 fully saturated rings. The lowest BCUT2D eigenvalue weighted by Gasteiger charge is -2.37. The van der Waals surface area contributed by atoms with E-state index in [0.29, 0.717) is 17.1 Å². The summed E-state index contributed by atoms with van der Waals surface area (Å²) in [6, 6.07) is 23.5. The largest absolute Gasteiger partial charge is 0.426 e. The highest BCUT2D eigenvalue weighted by Crippen LogP contribution is 2.42. The normalized spacial score (nSPS) is 14.2. The third-order valence-electron chi connectivity index (χ3n) is 6.99. The lowest BCUT2D eigenvalue weighted by atomic mass is 9.86. The van der Waals surface area contributed by atoms with Crippen LogP contribution in [0.3, 0.4) is 0 Å². The second-order valence-corrected chi connectivity index (χ2v) is 12.0. The maximum atomic E-state index is 14.9. The summed E-state index contributed by atoms with van der Waals surface area (Å²) in [5.74, 6) is -0.496. The second-order valence-electron chi connectivity index (χ2n) is 12.0. The summed E-state index contributed by atoms with van der Waals surface area (Å²) < 4.78 is 45.9. The van der Waals surface area contributed by atoms with E-state index in [2.05, 4.69) is 46.5 Å². The Balaban J connectivity index is 1.86. The van der Waals surface area contributed by atoms with Gasteiger partial charge < -0.3 is 14.6 Å². The zero-order valence-corrected chi connectivity index (χ0v) is 23.3. The maximum absolute atomic E-state index is 14.9. The zero-order valence-electron chi connectivity index (χ0n) is 23.3. The Hall–Kier alpha value is -3.58. The fraction of sp³-hybridized carbons (Fsp3) is 0.344. The molecule has 0 saturated heterocycles. The number of aromatic nitrogens is 2. The number of halogens is 3. The number of aliphatic hydroxyl groups is 1. The summed E-state index contributed by atoms with van der Waals surface area (Å²) in [5.41, 5.74) is 0.134. The van der Waals surface area contributed by atoms with E-state index in [1.165, 1.54) is 21.9 Å². The van der Waals surface area contributed by atoms with Gasteiger partial charge in [0.2, 0.25) is 5.60 Å². The van der Waals surface area contributed by atoms with E-state index in [4.69, 9.17) is 0 Å². The fourth-order valence-electron chi connectivity index (χ4n) is 4.54. The minimum atomic E-state index is -5.01. The Bertz CT molecular complexity index is 1320. The fourth-order valence-corrected chi connectivity index (χ4v) is 4.54. The number of anilines is 2. The van der Waals surface area contributed by atoms with Crippen LogP contribution in [-0.4, -0.2) is 27.4 Å². The molecule has 1 N–H and O–H groups in total. The molecule has 0 aliphatic rings. The van der Waals surface area contributed by atoms with E-state index in [1.54, 1.807) is 54.6 Å². The number of hydrogen-bond donors (Lipinski definition) is 1. The smallest absolute Gasteiger partial charge is 0.373 e. The molecule has 7 heteroatoms. The molecule has 4 rings (SSSR count). The molecule has 206 valence electrons. The highest BCUT2D eigenvalue weighted by molar-refractivity contribution is 5.65. The summed E-state index contributed by atoms with van der Waals surface area (Å²) in [6.07, 6.45) is -2.30. The van der Waals surface area contributed by atoms with Gasteiger partial charge >= 0.3 is 6.18 Å². The van der Waals surface area contributed by atoms with Crippen LogP contribution in [0.5, 0.6) is 0 Å². The van der Waals surface area contributed by atoms with E-state index in [9.17, 15) is 18.3 Å². The van der Waals surface area contributed by atoms with E-state index in [1.807, 2.05) is 24.3 Å². The van der Waals surface area contributed by atoms with Crippen molar-refractivity contribution in [3.8, 4) is 5.69 Å². The van der Waals surface area contributed by atoms with Crippen molar-refractivity contribution >= 4 is 11.4 Å². The quantitative estimate of drug-likeness (QED) is 0.272. The molecule has 0 amide bonds. The summed E-state index contributed by atoms with van der Waals surface area (Å²) in [7, 11) is 0. The first-order valence-electron chi connectivity index (χ1n) is 13.0. The second kappa shape index (κ2) is 10.2. The van der Waals surface area contributed by atoms with Crippen LogP contribution in [-0.2, 0) is 16.4 Å². The third-order valence-corrected chi connectivity index (χ3v) is 6.99. The van der Waals surface area contributed by atoms with Crippen LogP contribution in [0.1, 0.15) is 58.5 Å². The van der Waals surface area contributed by atoms with Gasteiger partial charge in [0.1, 0.15) is 0 Å². The molecule has 1 heterocycles. The molecule has 4 nitrogen and oxygen atoms in total. The molecule has 39 heavy (non-hydrogen) atoms. The summed E-state index contributed by atoms with van der Waals surface area (Å²) in [6.45, 7) is 11.7. The summed E-state index contributed by atoms with van der Waals surface area (Å²) >= 11 is 0. The van der Waals surface area contributed by atoms with E-state index in [0.717, 1.165) is 11.1 Å². The molecule has 0 saturated carbocycles. The van der Waals surface area contributed by atoms with Crippen molar-refractivity contribution in [1.82, 2.24) is 9.55 Å². The van der Waals surface area contributed by atoms with E-state index < -0.39 is 24.1 Å². The summed E-state index contributed by atoms with van der Waals surface area (Å²) in [4.78, 5) is 5.54. The average Bonchev–Trinajstić information content (AvgIpc) is 3.37. The topological polar surface area (TPSA) is 41.3 Å². The molecule has 3 aromatic carbocycles. The van der Waals surface area contributed by atoms with Crippen molar-refractivity contribution in [2.24, 2.45) is 0 Å². The standard InChI is InChI=1S/C32H36F3N3O/c1-29(2,3)23-12-16-26(17-13-23)38(27-18-14-24(15-19-27)30(4,5)6)22-31(39,32(33,34)35)28-36-20-21-37(28)25-10-8-7-9-11-25/h7-21,39H,22H2,1-6H3/t31-/m0/s1. The molecule has 0 radical (unpaired) electrons. The molecule has 0 aliphatic carbocycles. The van der Waals surface area contributed by atoms with Gasteiger partial charge in [0.25, 0.3) is 0 Å². The van der Waals surface area contributed by atoms with Crippen LogP contribution in [0.4, 0.5) is 24.5 Å². The summed E-state index contributed by atoms with van der Waals surface area (Å²) in [5, 5.41) is 11.6. The van der Waals surface area contributed by atoms with Crippen LogP contribution in [0.15, 0.2) is 91.3 Å². The molecule has 0 bridgehead atoms. The van der Waals surface area contributed by atoms with Gasteiger partial charge in [-0.05, 0) is 58.4 Å². The molecule has 1 aromatic heterocycles. The van der Waals surface area contributed by atoms with Crippen molar-refractivity contribution in [1.29, 1.82) is 0 Å². The van der Waals surface area contributed by atoms with Gasteiger partial charge in [0.05, 0.1) is 6.54 Å². The van der Waals surface area contributed by atoms with Gasteiger partial charge in [-0.15, -0.1) is 0 Å². The minimum Gasteiger partial charge on any atom is -0.373 e. The van der Waals surface area contributed by atoms with Crippen LogP contribution in [0.25, 0.3) is 5.69 Å². The highest BCUT2D eigenvalue weighted by Gasteiger charge is 2.59. The molecule has 0 aliphatic heterocycles. The molecular formula is C32H36F3N3O. The Kier molecular flexibility index (Phi) is 7.43. The van der Waals surface area contributed by atoms with Crippen molar-refractivity contribution in [3.63, 3.8) is 0 Å². The first kappa shape index (κ1) is 28.4. The number of nitrogens with zero attached hydrogens (tertiary/aromatic N) is 3. The van der Waals surface area contributed by atoms with Gasteiger partial charge in [-0.25, -0.2) is 4.98 Å². The lowest BCUT2D eigenvalue weighted by Crippen LogP contribution is -2.51. The molecular weight excluding hydrogens is 499 g/mol. The number of benzene rings is 3. The molecule has 4 aromatic rings. The Morgan fingerprint density at radius 3 is 1.59 bits per heavy atom. The van der Waals surface area contributed by atoms with Gasteiger partial charge in [-0.1, -0.05) is 84.0 Å². The average molecular weight is 536 g/mol. The first-order valence-corrected chi connectivity index (χ1v) is 13.0. The van der Waals surface area contributed by atoms with Gasteiger partial charge in [-0.3, -0.25) is 0 Å². The SMILES string of the molecule is CC(C)(C)c1ccc(N(C[C@](O)(c2nccn2-c2ccccc2)C(F)(F)F)c2ccc(C(C)(C)C)cc2)cc1. The maximum Gasteiger partial charge on any atom is 0.426 e. The van der Waals surface area contributed by atoms with Crippen LogP contribution in [0, 0.1) is 0 Å². The lowest BCUT2D eigenvalue weighted by molar-refractivity contribution is -0.265. The predicted octanol–water partition coefficient (Wildman–Crippen LogP) is 8.06. The van der Waals surface area contributed by atoms with Gasteiger partial charge in [0.15, 0.2) is 5.82 Å². The van der Waals surface area contributed by atoms with Crippen LogP contribution >= 0.6 is 0 Å². The van der Waals surface area contributed by atoms with Crippen molar-refractivity contribution in [2.75, 3.05) is 11.4 Å². The minimum absolute atomic E-state index is 0.120. The van der Waals surface area contributed by atoms with E-state index >= 15 is 0 Å². The Labute approximate surface area is 228 Å². The Morgan fingerprint density at radius 2 is 1.18 bits per heavy atom. The number of rotatable bonds is 6. The van der Waals surface area contributed by atoms with Crippen molar-refractivity contribution in [2.45, 2.75) is 64.1 Å². The van der Waals surface area contributed by atoms with Crippen molar-refractivity contribution < 1.29 is 18.3 Å². The molecule has 0 spiro atoms. The molecule has 1 atom stereocenters. The molecule has 0 unspecified atom stereocenters. The number of hydrogen-bond acceptors (Lipinski definition) is 3. The number of para-hydroxylation sites is 1. The van der Waals surface area contributed by atoms with E-state index in [-0.39, 0.29) is 10.8 Å².